The lowest BCUT2D eigenvalue weighted by molar-refractivity contribution is -0.0146. The molecule has 0 spiro atoms. The van der Waals surface area contributed by atoms with Crippen LogP contribution < -0.4 is 11.1 Å². The maximum Gasteiger partial charge on any atom is 0.322 e. The number of nitrogens with one attached hydrogen (secondary N) is 1. The van der Waals surface area contributed by atoms with Gasteiger partial charge in [-0.3, -0.25) is 4.98 Å². The molecule has 1 aliphatic heterocycles. The Morgan fingerprint density at radius 1 is 1.63 bits per heavy atom. The number of aryl methyl sites for hydroxylation is 1. The minimum atomic E-state index is -0.113. The van der Waals surface area contributed by atoms with Crippen LogP contribution in [0.5, 0.6) is 0 Å². The summed E-state index contributed by atoms with van der Waals surface area (Å²) in [6.45, 7) is 4.26. The molecular formula is C13H20N4O2. The molecule has 6 nitrogen and oxygen atoms in total. The second kappa shape index (κ2) is 6.49. The van der Waals surface area contributed by atoms with Crippen LogP contribution in [0.1, 0.15) is 12.0 Å². The highest BCUT2D eigenvalue weighted by Gasteiger charge is 2.23. The number of morpholine rings is 1. The molecule has 19 heavy (non-hydrogen) atoms. The molecule has 0 bridgehead atoms. The summed E-state index contributed by atoms with van der Waals surface area (Å²) in [6, 6.07) is 1.78. The second-order valence-corrected chi connectivity index (χ2v) is 4.70. The van der Waals surface area contributed by atoms with Gasteiger partial charge in [0.1, 0.15) is 0 Å². The van der Waals surface area contributed by atoms with E-state index >= 15 is 0 Å². The van der Waals surface area contributed by atoms with Crippen LogP contribution in [0.4, 0.5) is 10.5 Å². The van der Waals surface area contributed by atoms with E-state index in [0.29, 0.717) is 31.9 Å². The Bertz CT molecular complexity index is 436. The third kappa shape index (κ3) is 3.90. The quantitative estimate of drug-likeness (QED) is 0.852. The summed E-state index contributed by atoms with van der Waals surface area (Å²) in [7, 11) is 0. The third-order valence-electron chi connectivity index (χ3n) is 3.04. The minimum Gasteiger partial charge on any atom is -0.374 e. The van der Waals surface area contributed by atoms with Crippen molar-refractivity contribution in [2.24, 2.45) is 5.73 Å². The molecule has 2 amide bonds. The summed E-state index contributed by atoms with van der Waals surface area (Å²) < 4.78 is 5.55. The van der Waals surface area contributed by atoms with Crippen molar-refractivity contribution in [3.63, 3.8) is 0 Å². The Balaban J connectivity index is 1.92. The van der Waals surface area contributed by atoms with Crippen molar-refractivity contribution in [1.29, 1.82) is 0 Å². The average molecular weight is 264 g/mol. The van der Waals surface area contributed by atoms with Crippen LogP contribution in [-0.2, 0) is 4.74 Å². The predicted molar refractivity (Wildman–Crippen MR) is 73.0 cm³/mol. The Kier molecular flexibility index (Phi) is 4.70. The van der Waals surface area contributed by atoms with E-state index in [1.54, 1.807) is 17.3 Å². The molecule has 1 aromatic heterocycles. The molecule has 0 radical (unpaired) electrons. The standard InChI is InChI=1S/C13H20N4O2/c1-10-6-11(8-15-7-10)16-13(18)17-4-5-19-12(9-17)2-3-14/h6-8,12H,2-5,9,14H2,1H3,(H,16,18). The van der Waals surface area contributed by atoms with Crippen molar-refractivity contribution in [1.82, 2.24) is 9.88 Å². The summed E-state index contributed by atoms with van der Waals surface area (Å²) in [5.41, 5.74) is 7.24. The number of hydrogen-bond acceptors (Lipinski definition) is 4. The number of carbonyl (C=O) groups excluding carboxylic acids is 1. The highest BCUT2D eigenvalue weighted by atomic mass is 16.5. The van der Waals surface area contributed by atoms with Gasteiger partial charge in [0.15, 0.2) is 0 Å². The topological polar surface area (TPSA) is 80.5 Å². The van der Waals surface area contributed by atoms with Gasteiger partial charge in [0.2, 0.25) is 0 Å². The summed E-state index contributed by atoms with van der Waals surface area (Å²) in [4.78, 5) is 17.9. The van der Waals surface area contributed by atoms with Crippen molar-refractivity contribution in [3.8, 4) is 0 Å². The van der Waals surface area contributed by atoms with Gasteiger partial charge >= 0.3 is 6.03 Å². The minimum absolute atomic E-state index is 0.0418. The summed E-state index contributed by atoms with van der Waals surface area (Å²) in [5.74, 6) is 0. The maximum atomic E-state index is 12.1. The van der Waals surface area contributed by atoms with Gasteiger partial charge in [0.25, 0.3) is 0 Å². The number of nitrogens with two attached hydrogens (primary N) is 1. The van der Waals surface area contributed by atoms with Gasteiger partial charge < -0.3 is 20.7 Å². The molecule has 0 saturated carbocycles. The molecule has 2 rings (SSSR count). The largest absolute Gasteiger partial charge is 0.374 e. The van der Waals surface area contributed by atoms with Crippen LogP contribution >= 0.6 is 0 Å². The lowest BCUT2D eigenvalue weighted by Crippen LogP contribution is -2.47. The first-order valence-electron chi connectivity index (χ1n) is 6.48. The van der Waals surface area contributed by atoms with E-state index in [0.717, 1.165) is 12.0 Å². The summed E-state index contributed by atoms with van der Waals surface area (Å²) >= 11 is 0. The third-order valence-corrected chi connectivity index (χ3v) is 3.04. The van der Waals surface area contributed by atoms with E-state index in [2.05, 4.69) is 10.3 Å². The lowest BCUT2D eigenvalue weighted by atomic mass is 10.2. The average Bonchev–Trinajstić information content (AvgIpc) is 2.39. The molecule has 0 aromatic carbocycles. The van der Waals surface area contributed by atoms with E-state index in [4.69, 9.17) is 10.5 Å². The fourth-order valence-electron chi connectivity index (χ4n) is 2.09. The van der Waals surface area contributed by atoms with Crippen molar-refractivity contribution in [2.75, 3.05) is 31.6 Å². The fraction of sp³-hybridized carbons (Fsp3) is 0.538. The number of hydrogen-bond donors (Lipinski definition) is 2. The fourth-order valence-corrected chi connectivity index (χ4v) is 2.09. The normalized spacial score (nSPS) is 19.3. The molecule has 1 atom stereocenters. The zero-order chi connectivity index (χ0) is 13.7. The second-order valence-electron chi connectivity index (χ2n) is 4.70. The molecule has 1 saturated heterocycles. The lowest BCUT2D eigenvalue weighted by Gasteiger charge is -2.32. The van der Waals surface area contributed by atoms with Crippen LogP contribution in [0.3, 0.4) is 0 Å². The molecule has 2 heterocycles. The maximum absolute atomic E-state index is 12.1. The van der Waals surface area contributed by atoms with Crippen LogP contribution in [0.15, 0.2) is 18.5 Å². The van der Waals surface area contributed by atoms with E-state index in [9.17, 15) is 4.79 Å². The number of amides is 2. The SMILES string of the molecule is Cc1cncc(NC(=O)N2CCOC(CCN)C2)c1. The molecule has 1 unspecified atom stereocenters. The number of pyridine rings is 1. The number of nitrogens with zero attached hydrogens (tertiary/aromatic N) is 2. The van der Waals surface area contributed by atoms with Gasteiger partial charge in [-0.1, -0.05) is 0 Å². The van der Waals surface area contributed by atoms with Gasteiger partial charge in [-0.25, -0.2) is 4.79 Å². The molecule has 0 aliphatic carbocycles. The highest BCUT2D eigenvalue weighted by Crippen LogP contribution is 2.12. The number of ether oxygens (including phenoxy) is 1. The van der Waals surface area contributed by atoms with Crippen molar-refractivity contribution < 1.29 is 9.53 Å². The molecule has 1 fully saturated rings. The van der Waals surface area contributed by atoms with E-state index < -0.39 is 0 Å². The Morgan fingerprint density at radius 3 is 3.21 bits per heavy atom. The van der Waals surface area contributed by atoms with Gasteiger partial charge in [0, 0.05) is 19.3 Å². The number of aromatic nitrogens is 1. The smallest absolute Gasteiger partial charge is 0.322 e. The molecule has 104 valence electrons. The first-order valence-corrected chi connectivity index (χ1v) is 6.48. The number of rotatable bonds is 3. The van der Waals surface area contributed by atoms with Crippen molar-refractivity contribution in [2.45, 2.75) is 19.4 Å². The summed E-state index contributed by atoms with van der Waals surface area (Å²) in [5, 5.41) is 2.85. The number of carbonyl (C=O) groups is 1. The van der Waals surface area contributed by atoms with E-state index in [1.807, 2.05) is 13.0 Å². The zero-order valence-corrected chi connectivity index (χ0v) is 11.1. The number of urea groups is 1. The highest BCUT2D eigenvalue weighted by molar-refractivity contribution is 5.89. The van der Waals surface area contributed by atoms with Crippen LogP contribution in [-0.4, -0.2) is 48.3 Å². The van der Waals surface area contributed by atoms with E-state index in [-0.39, 0.29) is 12.1 Å². The molecule has 1 aliphatic rings. The Hall–Kier alpha value is -1.66. The molecule has 6 heteroatoms. The molecular weight excluding hydrogens is 244 g/mol. The van der Waals surface area contributed by atoms with Gasteiger partial charge in [-0.2, -0.15) is 0 Å². The predicted octanol–water partition coefficient (Wildman–Crippen LogP) is 0.972. The monoisotopic (exact) mass is 264 g/mol. The zero-order valence-electron chi connectivity index (χ0n) is 11.1. The van der Waals surface area contributed by atoms with Crippen molar-refractivity contribution >= 4 is 11.7 Å². The first-order chi connectivity index (χ1) is 9.19. The molecule has 1 aromatic rings. The van der Waals surface area contributed by atoms with Crippen LogP contribution in [0.25, 0.3) is 0 Å². The first kappa shape index (κ1) is 13.8. The van der Waals surface area contributed by atoms with Crippen molar-refractivity contribution in [3.05, 3.63) is 24.0 Å². The van der Waals surface area contributed by atoms with Gasteiger partial charge in [0.05, 0.1) is 24.6 Å². The number of anilines is 1. The van der Waals surface area contributed by atoms with Crippen LogP contribution in [0, 0.1) is 6.92 Å². The van der Waals surface area contributed by atoms with E-state index in [1.165, 1.54) is 0 Å². The molecule has 3 N–H and O–H groups in total. The Labute approximate surface area is 112 Å². The Morgan fingerprint density at radius 2 is 2.47 bits per heavy atom. The van der Waals surface area contributed by atoms with Gasteiger partial charge in [-0.05, 0) is 31.5 Å². The van der Waals surface area contributed by atoms with Gasteiger partial charge in [-0.15, -0.1) is 0 Å². The van der Waals surface area contributed by atoms with Crippen LogP contribution in [0.2, 0.25) is 0 Å². The summed E-state index contributed by atoms with van der Waals surface area (Å²) in [6.07, 6.45) is 4.21.